The highest BCUT2D eigenvalue weighted by Gasteiger charge is 2.34. The van der Waals surface area contributed by atoms with Gasteiger partial charge in [0.25, 0.3) is 0 Å². The summed E-state index contributed by atoms with van der Waals surface area (Å²) in [5, 5.41) is 2.88. The van der Waals surface area contributed by atoms with Gasteiger partial charge in [-0.05, 0) is 51.0 Å². The first-order valence-electron chi connectivity index (χ1n) is 11.2. The Morgan fingerprint density at radius 1 is 1.18 bits per heavy atom. The number of hydrogen-bond donors (Lipinski definition) is 2. The number of oxazole rings is 1. The van der Waals surface area contributed by atoms with E-state index in [4.69, 9.17) is 13.9 Å². The van der Waals surface area contributed by atoms with E-state index in [1.807, 2.05) is 13.8 Å². The molecule has 1 unspecified atom stereocenters. The zero-order valence-electron chi connectivity index (χ0n) is 19.0. The zero-order valence-corrected chi connectivity index (χ0v) is 19.8. The van der Waals surface area contributed by atoms with Crippen LogP contribution < -0.4 is 20.5 Å². The molecule has 0 bridgehead atoms. The monoisotopic (exact) mass is 489 g/mol. The van der Waals surface area contributed by atoms with Crippen LogP contribution in [-0.4, -0.2) is 49.9 Å². The van der Waals surface area contributed by atoms with Gasteiger partial charge in [-0.25, -0.2) is 13.2 Å². The van der Waals surface area contributed by atoms with Crippen molar-refractivity contribution in [3.8, 4) is 11.5 Å². The lowest BCUT2D eigenvalue weighted by Crippen LogP contribution is -2.43. The van der Waals surface area contributed by atoms with Crippen LogP contribution in [0.15, 0.2) is 50.5 Å². The number of hydrogen-bond acceptors (Lipinski definition) is 7. The van der Waals surface area contributed by atoms with Gasteiger partial charge in [0.1, 0.15) is 11.5 Å². The maximum atomic E-state index is 13.2. The molecule has 2 N–H and O–H groups in total. The lowest BCUT2D eigenvalue weighted by molar-refractivity contribution is -0.120. The van der Waals surface area contributed by atoms with Gasteiger partial charge in [-0.2, -0.15) is 4.31 Å². The first-order chi connectivity index (χ1) is 16.3. The molecule has 1 aliphatic heterocycles. The van der Waals surface area contributed by atoms with E-state index >= 15 is 0 Å². The van der Waals surface area contributed by atoms with E-state index in [1.165, 1.54) is 22.5 Å². The molecule has 0 radical (unpaired) electrons. The van der Waals surface area contributed by atoms with Gasteiger partial charge < -0.3 is 19.2 Å². The number of aromatic amines is 1. The van der Waals surface area contributed by atoms with Crippen LogP contribution in [0.3, 0.4) is 0 Å². The lowest BCUT2D eigenvalue weighted by atomic mass is 9.98. The van der Waals surface area contributed by atoms with Crippen molar-refractivity contribution >= 4 is 32.7 Å². The summed E-state index contributed by atoms with van der Waals surface area (Å²) in [5.41, 5.74) is 1.06. The molecule has 1 atom stereocenters. The molecule has 1 amide bonds. The highest BCUT2D eigenvalue weighted by molar-refractivity contribution is 7.89. The first kappa shape index (κ1) is 23.8. The number of ether oxygens (including phenoxy) is 2. The van der Waals surface area contributed by atoms with Crippen molar-refractivity contribution < 1.29 is 27.1 Å². The van der Waals surface area contributed by atoms with Crippen LogP contribution in [0.1, 0.15) is 26.7 Å². The maximum Gasteiger partial charge on any atom is 0.417 e. The van der Waals surface area contributed by atoms with Crippen LogP contribution in [0.25, 0.3) is 11.1 Å². The molecule has 0 aliphatic carbocycles. The van der Waals surface area contributed by atoms with Gasteiger partial charge >= 0.3 is 5.76 Å². The molecule has 1 aromatic heterocycles. The Morgan fingerprint density at radius 3 is 2.74 bits per heavy atom. The Bertz CT molecular complexity index is 1350. The van der Waals surface area contributed by atoms with E-state index in [1.54, 1.807) is 18.2 Å². The molecule has 3 aromatic rings. The summed E-state index contributed by atoms with van der Waals surface area (Å²) in [6.07, 6.45) is 1.09. The summed E-state index contributed by atoms with van der Waals surface area (Å²) < 4.78 is 43.9. The minimum Gasteiger partial charge on any atom is -0.494 e. The molecular weight excluding hydrogens is 462 g/mol. The molecule has 0 saturated carbocycles. The van der Waals surface area contributed by atoms with E-state index in [2.05, 4.69) is 10.3 Å². The molecule has 1 aliphatic rings. The standard InChI is InChI=1S/C23H27N3O7S/c1-3-31-16-7-10-20(32-4-2)19(12-16)24-22(27)15-6-5-11-26(14-15)34(29,30)17-8-9-18-21(13-17)33-23(28)25-18/h7-10,12-13,15H,3-6,11,14H2,1-2H3,(H,24,27)(H,25,28). The number of carbonyl (C=O) groups is 1. The largest absolute Gasteiger partial charge is 0.494 e. The SMILES string of the molecule is CCOc1ccc(OCC)c(NC(=O)C2CCCN(S(=O)(=O)c3ccc4[nH]c(=O)oc4c3)C2)c1. The summed E-state index contributed by atoms with van der Waals surface area (Å²) in [4.78, 5) is 27.0. The minimum atomic E-state index is -3.88. The second kappa shape index (κ2) is 9.90. The Balaban J connectivity index is 1.52. The topological polar surface area (TPSA) is 131 Å². The fourth-order valence-electron chi connectivity index (χ4n) is 3.99. The predicted molar refractivity (Wildman–Crippen MR) is 126 cm³/mol. The summed E-state index contributed by atoms with van der Waals surface area (Å²) in [6, 6.07) is 9.42. The Kier molecular flexibility index (Phi) is 6.94. The molecule has 1 saturated heterocycles. The van der Waals surface area contributed by atoms with Gasteiger partial charge in [0.2, 0.25) is 15.9 Å². The highest BCUT2D eigenvalue weighted by Crippen LogP contribution is 2.31. The summed E-state index contributed by atoms with van der Waals surface area (Å²) in [6.45, 7) is 4.96. The summed E-state index contributed by atoms with van der Waals surface area (Å²) >= 11 is 0. The fraction of sp³-hybridized carbons (Fsp3) is 0.391. The van der Waals surface area contributed by atoms with Crippen LogP contribution in [0.2, 0.25) is 0 Å². The second-order valence-corrected chi connectivity index (χ2v) is 9.83. The fourth-order valence-corrected chi connectivity index (χ4v) is 5.53. The third kappa shape index (κ3) is 4.95. The first-order valence-corrected chi connectivity index (χ1v) is 12.6. The predicted octanol–water partition coefficient (Wildman–Crippen LogP) is 2.96. The molecule has 2 heterocycles. The second-order valence-electron chi connectivity index (χ2n) is 7.89. The number of rotatable bonds is 8. The van der Waals surface area contributed by atoms with Gasteiger partial charge in [0.05, 0.1) is 35.2 Å². The normalized spacial score (nSPS) is 16.9. The number of aromatic nitrogens is 1. The zero-order chi connectivity index (χ0) is 24.3. The number of nitrogens with zero attached hydrogens (tertiary/aromatic N) is 1. The van der Waals surface area contributed by atoms with E-state index in [0.717, 1.165) is 0 Å². The number of fused-ring (bicyclic) bond motifs is 1. The van der Waals surface area contributed by atoms with Crippen molar-refractivity contribution in [1.29, 1.82) is 0 Å². The molecule has 10 nitrogen and oxygen atoms in total. The Morgan fingerprint density at radius 2 is 1.97 bits per heavy atom. The maximum absolute atomic E-state index is 13.2. The molecule has 4 rings (SSSR count). The third-order valence-electron chi connectivity index (χ3n) is 5.60. The van der Waals surface area contributed by atoms with E-state index in [-0.39, 0.29) is 22.9 Å². The van der Waals surface area contributed by atoms with Crippen molar-refractivity contribution in [3.63, 3.8) is 0 Å². The van der Waals surface area contributed by atoms with Crippen molar-refractivity contribution in [2.75, 3.05) is 31.6 Å². The van der Waals surface area contributed by atoms with Gasteiger partial charge in [-0.1, -0.05) is 0 Å². The third-order valence-corrected chi connectivity index (χ3v) is 7.47. The van der Waals surface area contributed by atoms with Crippen LogP contribution in [0.4, 0.5) is 5.69 Å². The molecular formula is C23H27N3O7S. The van der Waals surface area contributed by atoms with Crippen molar-refractivity contribution in [1.82, 2.24) is 9.29 Å². The molecule has 182 valence electrons. The average Bonchev–Trinajstić information content (AvgIpc) is 3.20. The number of carbonyl (C=O) groups excluding carboxylic acids is 1. The lowest BCUT2D eigenvalue weighted by Gasteiger charge is -2.31. The van der Waals surface area contributed by atoms with Gasteiger partial charge in [-0.3, -0.25) is 9.78 Å². The number of benzene rings is 2. The number of piperidine rings is 1. The highest BCUT2D eigenvalue weighted by atomic mass is 32.2. The van der Waals surface area contributed by atoms with Gasteiger partial charge in [-0.15, -0.1) is 0 Å². The van der Waals surface area contributed by atoms with E-state index in [9.17, 15) is 18.0 Å². The molecule has 1 fully saturated rings. The van der Waals surface area contributed by atoms with Crippen LogP contribution in [-0.2, 0) is 14.8 Å². The van der Waals surface area contributed by atoms with Crippen molar-refractivity contribution in [2.45, 2.75) is 31.6 Å². The minimum absolute atomic E-state index is 0.00635. The molecule has 2 aromatic carbocycles. The Hall–Kier alpha value is -3.31. The number of amides is 1. The number of H-pyrrole nitrogens is 1. The number of nitrogens with one attached hydrogen (secondary N) is 2. The van der Waals surface area contributed by atoms with Crippen molar-refractivity contribution in [2.24, 2.45) is 5.92 Å². The van der Waals surface area contributed by atoms with Gasteiger partial charge in [0, 0.05) is 25.2 Å². The Labute approximate surface area is 196 Å². The van der Waals surface area contributed by atoms with Crippen LogP contribution in [0, 0.1) is 5.92 Å². The van der Waals surface area contributed by atoms with Crippen LogP contribution >= 0.6 is 0 Å². The molecule has 11 heteroatoms. The van der Waals surface area contributed by atoms with E-state index < -0.39 is 21.7 Å². The summed E-state index contributed by atoms with van der Waals surface area (Å²) in [7, 11) is -3.88. The number of anilines is 1. The van der Waals surface area contributed by atoms with Gasteiger partial charge in [0.15, 0.2) is 5.58 Å². The van der Waals surface area contributed by atoms with E-state index in [0.29, 0.717) is 55.3 Å². The summed E-state index contributed by atoms with van der Waals surface area (Å²) in [5.74, 6) is -0.370. The smallest absolute Gasteiger partial charge is 0.417 e. The van der Waals surface area contributed by atoms with Crippen molar-refractivity contribution in [3.05, 3.63) is 46.9 Å². The molecule has 34 heavy (non-hydrogen) atoms. The quantitative estimate of drug-likeness (QED) is 0.497. The number of sulfonamides is 1. The molecule has 0 spiro atoms. The van der Waals surface area contributed by atoms with Crippen LogP contribution in [0.5, 0.6) is 11.5 Å². The average molecular weight is 490 g/mol.